The van der Waals surface area contributed by atoms with Gasteiger partial charge in [-0.3, -0.25) is 14.4 Å². The van der Waals surface area contributed by atoms with E-state index in [1.165, 1.54) is 4.88 Å². The predicted molar refractivity (Wildman–Crippen MR) is 155 cm³/mol. The Kier molecular flexibility index (Phi) is 7.64. The number of carbonyl (C=O) groups excluding carboxylic acids is 1. The lowest BCUT2D eigenvalue weighted by Gasteiger charge is -2.13. The number of hydrogen-bond acceptors (Lipinski definition) is 7. The summed E-state index contributed by atoms with van der Waals surface area (Å²) >= 11 is 7.85. The second-order valence-corrected chi connectivity index (χ2v) is 10.9. The minimum Gasteiger partial charge on any atom is -0.394 e. The Morgan fingerprint density at radius 1 is 1.15 bits per heavy atom. The smallest absolute Gasteiger partial charge is 0.227 e. The number of aliphatic hydroxyl groups excluding tert-OH is 1. The zero-order valence-electron chi connectivity index (χ0n) is 21.7. The molecule has 2 aromatic carbocycles. The SMILES string of the molecule is Cc1sc2c(c1C)C(c1ccc(Cl)cc1)=N[C@@H](CC(=O)Nc1ccc(C#CC(N)CO)cc1)c1nnc(C)n1-2. The predicted octanol–water partition coefficient (Wildman–Crippen LogP) is 4.50. The van der Waals surface area contributed by atoms with Gasteiger partial charge in [0.2, 0.25) is 5.91 Å². The molecule has 198 valence electrons. The molecule has 3 heterocycles. The molecule has 4 aromatic rings. The summed E-state index contributed by atoms with van der Waals surface area (Å²) in [5.74, 6) is 6.84. The average molecular weight is 559 g/mol. The molecule has 0 saturated heterocycles. The standard InChI is InChI=1S/C29H27ClN6O2S/c1-16-17(2)39-29-26(16)27(20-7-9-21(30)10-8-20)33-24(28-35-34-18(3)36(28)29)14-25(38)32-23-12-5-19(6-13-23)4-11-22(31)15-37/h5-10,12-13,22,24,37H,14-15,31H2,1-3H3,(H,32,38)/t22?,24-/m0/s1. The first-order valence-corrected chi connectivity index (χ1v) is 13.6. The van der Waals surface area contributed by atoms with Crippen LogP contribution < -0.4 is 11.1 Å². The third kappa shape index (κ3) is 5.51. The van der Waals surface area contributed by atoms with Crippen molar-refractivity contribution in [3.63, 3.8) is 0 Å². The van der Waals surface area contributed by atoms with Crippen LogP contribution in [0.5, 0.6) is 0 Å². The largest absolute Gasteiger partial charge is 0.394 e. The van der Waals surface area contributed by atoms with Gasteiger partial charge in [-0.05, 0) is 62.7 Å². The summed E-state index contributed by atoms with van der Waals surface area (Å²) in [6.07, 6.45) is 0.0785. The Balaban J connectivity index is 1.48. The van der Waals surface area contributed by atoms with Crippen molar-refractivity contribution in [1.82, 2.24) is 14.8 Å². The number of carbonyl (C=O) groups is 1. The van der Waals surface area contributed by atoms with Crippen LogP contribution in [0.2, 0.25) is 5.02 Å². The molecule has 0 saturated carbocycles. The van der Waals surface area contributed by atoms with E-state index in [0.29, 0.717) is 16.5 Å². The van der Waals surface area contributed by atoms with E-state index in [2.05, 4.69) is 41.2 Å². The number of rotatable bonds is 5. The second kappa shape index (κ2) is 11.1. The van der Waals surface area contributed by atoms with Gasteiger partial charge < -0.3 is 16.2 Å². The molecular weight excluding hydrogens is 532 g/mol. The first kappa shape index (κ1) is 26.8. The number of aliphatic hydroxyl groups is 1. The number of benzene rings is 2. The Labute approximate surface area is 235 Å². The van der Waals surface area contributed by atoms with Gasteiger partial charge in [0, 0.05) is 32.3 Å². The molecule has 1 unspecified atom stereocenters. The van der Waals surface area contributed by atoms with Gasteiger partial charge in [-0.25, -0.2) is 0 Å². The number of fused-ring (bicyclic) bond motifs is 3. The normalized spacial score (nSPS) is 14.8. The fraction of sp³-hybridized carbons (Fsp3) is 0.241. The molecule has 1 aliphatic heterocycles. The van der Waals surface area contributed by atoms with Gasteiger partial charge in [0.25, 0.3) is 0 Å². The van der Waals surface area contributed by atoms with E-state index in [1.807, 2.05) is 35.8 Å². The maximum atomic E-state index is 13.2. The number of aliphatic imine (C=N–C) groups is 1. The molecule has 0 bridgehead atoms. The fourth-order valence-electron chi connectivity index (χ4n) is 4.38. The Bertz CT molecular complexity index is 1630. The van der Waals surface area contributed by atoms with Crippen LogP contribution in [-0.4, -0.2) is 44.1 Å². The van der Waals surface area contributed by atoms with Crippen LogP contribution in [0, 0.1) is 32.6 Å². The molecule has 0 aliphatic carbocycles. The maximum Gasteiger partial charge on any atom is 0.227 e. The molecule has 5 rings (SSSR count). The van der Waals surface area contributed by atoms with Crippen LogP contribution in [0.3, 0.4) is 0 Å². The molecule has 2 atom stereocenters. The molecule has 1 amide bonds. The highest BCUT2D eigenvalue weighted by Crippen LogP contribution is 2.39. The molecular formula is C29H27ClN6O2S. The van der Waals surface area contributed by atoms with Crippen molar-refractivity contribution in [2.45, 2.75) is 39.3 Å². The quantitative estimate of drug-likeness (QED) is 0.312. The number of thiophene rings is 1. The number of nitrogens with zero attached hydrogens (tertiary/aromatic N) is 4. The lowest BCUT2D eigenvalue weighted by atomic mass is 9.99. The number of nitrogens with two attached hydrogens (primary N) is 1. The van der Waals surface area contributed by atoms with Gasteiger partial charge in [0.1, 0.15) is 16.9 Å². The second-order valence-electron chi connectivity index (χ2n) is 9.29. The molecule has 4 N–H and O–H groups in total. The van der Waals surface area contributed by atoms with E-state index < -0.39 is 12.1 Å². The van der Waals surface area contributed by atoms with Crippen LogP contribution in [-0.2, 0) is 4.79 Å². The summed E-state index contributed by atoms with van der Waals surface area (Å²) in [7, 11) is 0. The lowest BCUT2D eigenvalue weighted by molar-refractivity contribution is -0.116. The minimum atomic E-state index is -0.592. The molecule has 39 heavy (non-hydrogen) atoms. The van der Waals surface area contributed by atoms with Crippen molar-refractivity contribution in [1.29, 1.82) is 0 Å². The topological polar surface area (TPSA) is 118 Å². The molecule has 2 aromatic heterocycles. The highest BCUT2D eigenvalue weighted by molar-refractivity contribution is 7.15. The fourth-order valence-corrected chi connectivity index (χ4v) is 5.72. The van der Waals surface area contributed by atoms with E-state index in [4.69, 9.17) is 27.4 Å². The van der Waals surface area contributed by atoms with E-state index in [9.17, 15) is 4.79 Å². The van der Waals surface area contributed by atoms with Gasteiger partial charge in [-0.1, -0.05) is 35.6 Å². The summed E-state index contributed by atoms with van der Waals surface area (Å²) in [4.78, 5) is 19.6. The number of aryl methyl sites for hydroxylation is 2. The van der Waals surface area contributed by atoms with Gasteiger partial charge in [-0.2, -0.15) is 0 Å². The number of amides is 1. The van der Waals surface area contributed by atoms with E-state index in [-0.39, 0.29) is 18.9 Å². The average Bonchev–Trinajstić information content (AvgIpc) is 3.40. The number of anilines is 1. The van der Waals surface area contributed by atoms with Crippen molar-refractivity contribution in [3.8, 4) is 16.8 Å². The lowest BCUT2D eigenvalue weighted by Crippen LogP contribution is -2.21. The zero-order valence-corrected chi connectivity index (χ0v) is 23.3. The van der Waals surface area contributed by atoms with Crippen molar-refractivity contribution in [3.05, 3.63) is 92.3 Å². The van der Waals surface area contributed by atoms with E-state index in [1.54, 1.807) is 35.6 Å². The summed E-state index contributed by atoms with van der Waals surface area (Å²) < 4.78 is 2.02. The first-order valence-electron chi connectivity index (χ1n) is 12.4. The molecule has 8 nitrogen and oxygen atoms in total. The Morgan fingerprint density at radius 3 is 2.56 bits per heavy atom. The molecule has 0 fully saturated rings. The van der Waals surface area contributed by atoms with Crippen LogP contribution in [0.25, 0.3) is 5.00 Å². The van der Waals surface area contributed by atoms with Crippen LogP contribution >= 0.6 is 22.9 Å². The van der Waals surface area contributed by atoms with Crippen LogP contribution in [0.1, 0.15) is 51.2 Å². The molecule has 1 aliphatic rings. The summed E-state index contributed by atoms with van der Waals surface area (Å²) in [6, 6.07) is 13.6. The van der Waals surface area contributed by atoms with Gasteiger partial charge >= 0.3 is 0 Å². The summed E-state index contributed by atoms with van der Waals surface area (Å²) in [5, 5.41) is 22.4. The highest BCUT2D eigenvalue weighted by atomic mass is 35.5. The van der Waals surface area contributed by atoms with Gasteiger partial charge in [0.05, 0.1) is 24.8 Å². The third-order valence-electron chi connectivity index (χ3n) is 6.50. The number of nitrogens with one attached hydrogen (secondary N) is 1. The number of hydrogen-bond donors (Lipinski definition) is 3. The van der Waals surface area contributed by atoms with Crippen molar-refractivity contribution < 1.29 is 9.90 Å². The summed E-state index contributed by atoms with van der Waals surface area (Å²) in [6.45, 7) is 5.89. The van der Waals surface area contributed by atoms with Crippen molar-refractivity contribution >= 4 is 40.2 Å². The summed E-state index contributed by atoms with van der Waals surface area (Å²) in [5.41, 5.74) is 10.9. The molecule has 0 radical (unpaired) electrons. The number of halogens is 1. The number of aromatic nitrogens is 3. The van der Waals surface area contributed by atoms with Crippen LogP contribution in [0.15, 0.2) is 53.5 Å². The highest BCUT2D eigenvalue weighted by Gasteiger charge is 2.32. The van der Waals surface area contributed by atoms with Crippen LogP contribution in [0.4, 0.5) is 5.69 Å². The van der Waals surface area contributed by atoms with Gasteiger partial charge in [-0.15, -0.1) is 21.5 Å². The van der Waals surface area contributed by atoms with Gasteiger partial charge in [0.15, 0.2) is 5.82 Å². The van der Waals surface area contributed by atoms with E-state index in [0.717, 1.165) is 38.8 Å². The van der Waals surface area contributed by atoms with Crippen molar-refractivity contribution in [2.24, 2.45) is 10.7 Å². The molecule has 10 heteroatoms. The van der Waals surface area contributed by atoms with E-state index >= 15 is 0 Å². The monoisotopic (exact) mass is 558 g/mol. The Morgan fingerprint density at radius 2 is 1.87 bits per heavy atom. The third-order valence-corrected chi connectivity index (χ3v) is 7.95. The maximum absolute atomic E-state index is 13.2. The molecule has 0 spiro atoms. The van der Waals surface area contributed by atoms with Crippen molar-refractivity contribution in [2.75, 3.05) is 11.9 Å². The first-order chi connectivity index (χ1) is 18.7. The zero-order chi connectivity index (χ0) is 27.7. The Hall–Kier alpha value is -3.81. The minimum absolute atomic E-state index is 0.0785.